The SMILES string of the molecule is C/C=C\C1CC(F)(F)C1(F)C(F)(F)F. The number of hydrogen-bond acceptors (Lipinski definition) is 0. The zero-order valence-corrected chi connectivity index (χ0v) is 7.21. The number of alkyl halides is 6. The molecule has 0 aromatic carbocycles. The molecule has 1 fully saturated rings. The van der Waals surface area contributed by atoms with Crippen LogP contribution < -0.4 is 0 Å². The minimum atomic E-state index is -5.53. The molecule has 0 heterocycles. The van der Waals surface area contributed by atoms with Crippen molar-refractivity contribution in [2.24, 2.45) is 5.92 Å². The first kappa shape index (κ1) is 11.4. The Hall–Kier alpha value is -0.680. The second kappa shape index (κ2) is 2.90. The summed E-state index contributed by atoms with van der Waals surface area (Å²) < 4.78 is 74.4. The summed E-state index contributed by atoms with van der Waals surface area (Å²) in [4.78, 5) is 0. The highest BCUT2D eigenvalue weighted by Gasteiger charge is 2.81. The fourth-order valence-electron chi connectivity index (χ4n) is 1.56. The van der Waals surface area contributed by atoms with Crippen molar-refractivity contribution >= 4 is 0 Å². The average molecular weight is 218 g/mol. The molecule has 0 aromatic rings. The van der Waals surface area contributed by atoms with Gasteiger partial charge in [0.25, 0.3) is 11.6 Å². The van der Waals surface area contributed by atoms with E-state index >= 15 is 0 Å². The molecule has 0 spiro atoms. The first-order chi connectivity index (χ1) is 6.17. The Morgan fingerprint density at radius 3 is 2.00 bits per heavy atom. The number of hydrogen-bond donors (Lipinski definition) is 0. The monoisotopic (exact) mass is 218 g/mol. The molecule has 1 aliphatic rings. The second-order valence-electron chi connectivity index (χ2n) is 3.25. The number of halogens is 6. The highest BCUT2D eigenvalue weighted by molar-refractivity contribution is 5.19. The van der Waals surface area contributed by atoms with Crippen LogP contribution in [-0.4, -0.2) is 17.8 Å². The molecular weight excluding hydrogens is 210 g/mol. The van der Waals surface area contributed by atoms with Gasteiger partial charge >= 0.3 is 6.18 Å². The van der Waals surface area contributed by atoms with Gasteiger partial charge in [0.1, 0.15) is 0 Å². The topological polar surface area (TPSA) is 0 Å². The van der Waals surface area contributed by atoms with Crippen LogP contribution in [0.25, 0.3) is 0 Å². The summed E-state index contributed by atoms with van der Waals surface area (Å²) in [5.74, 6) is -6.09. The number of allylic oxidation sites excluding steroid dienone is 2. The second-order valence-corrected chi connectivity index (χ2v) is 3.25. The van der Waals surface area contributed by atoms with Gasteiger partial charge in [0.2, 0.25) is 0 Å². The van der Waals surface area contributed by atoms with Gasteiger partial charge in [-0.2, -0.15) is 13.2 Å². The van der Waals surface area contributed by atoms with Gasteiger partial charge in [-0.3, -0.25) is 0 Å². The van der Waals surface area contributed by atoms with Gasteiger partial charge in [-0.1, -0.05) is 12.2 Å². The summed E-state index contributed by atoms with van der Waals surface area (Å²) in [6, 6.07) is 0. The average Bonchev–Trinajstić information content (AvgIpc) is 2.00. The Morgan fingerprint density at radius 1 is 1.21 bits per heavy atom. The molecule has 0 N–H and O–H groups in total. The molecule has 0 radical (unpaired) electrons. The van der Waals surface area contributed by atoms with Crippen LogP contribution in [0.15, 0.2) is 12.2 Å². The maximum absolute atomic E-state index is 13.1. The van der Waals surface area contributed by atoms with E-state index < -0.39 is 30.1 Å². The molecule has 0 aliphatic heterocycles. The summed E-state index contributed by atoms with van der Waals surface area (Å²) in [5, 5.41) is 0. The van der Waals surface area contributed by atoms with E-state index in [-0.39, 0.29) is 0 Å². The molecule has 1 aliphatic carbocycles. The van der Waals surface area contributed by atoms with Gasteiger partial charge in [0, 0.05) is 12.3 Å². The molecule has 0 nitrogen and oxygen atoms in total. The third-order valence-corrected chi connectivity index (χ3v) is 2.36. The summed E-state index contributed by atoms with van der Waals surface area (Å²) in [7, 11) is 0. The van der Waals surface area contributed by atoms with Gasteiger partial charge in [0.05, 0.1) is 0 Å². The first-order valence-electron chi connectivity index (χ1n) is 3.93. The van der Waals surface area contributed by atoms with Crippen molar-refractivity contribution in [1.82, 2.24) is 0 Å². The van der Waals surface area contributed by atoms with E-state index in [1.807, 2.05) is 0 Å². The van der Waals surface area contributed by atoms with Gasteiger partial charge in [-0.25, -0.2) is 13.2 Å². The molecule has 0 bridgehead atoms. The lowest BCUT2D eigenvalue weighted by atomic mass is 9.66. The summed E-state index contributed by atoms with van der Waals surface area (Å²) in [6.07, 6.45) is -4.66. The lowest BCUT2D eigenvalue weighted by molar-refractivity contribution is -0.362. The van der Waals surface area contributed by atoms with Crippen LogP contribution in [0.2, 0.25) is 0 Å². The summed E-state index contributed by atoms with van der Waals surface area (Å²) >= 11 is 0. The Labute approximate surface area is 76.6 Å². The Bertz CT molecular complexity index is 241. The molecule has 1 saturated carbocycles. The molecule has 0 amide bonds. The van der Waals surface area contributed by atoms with Crippen molar-refractivity contribution in [3.05, 3.63) is 12.2 Å². The van der Waals surface area contributed by atoms with Gasteiger partial charge in [-0.15, -0.1) is 0 Å². The van der Waals surface area contributed by atoms with Crippen LogP contribution in [0.1, 0.15) is 13.3 Å². The van der Waals surface area contributed by atoms with Crippen LogP contribution in [-0.2, 0) is 0 Å². The minimum Gasteiger partial charge on any atom is -0.226 e. The third-order valence-electron chi connectivity index (χ3n) is 2.36. The van der Waals surface area contributed by atoms with Crippen molar-refractivity contribution in [1.29, 1.82) is 0 Å². The van der Waals surface area contributed by atoms with E-state index in [2.05, 4.69) is 0 Å². The maximum Gasteiger partial charge on any atom is 0.429 e. The molecular formula is C8H8F6. The van der Waals surface area contributed by atoms with Gasteiger partial charge in [0.15, 0.2) is 0 Å². The van der Waals surface area contributed by atoms with E-state index in [1.54, 1.807) is 0 Å². The largest absolute Gasteiger partial charge is 0.429 e. The number of rotatable bonds is 1. The fourth-order valence-corrected chi connectivity index (χ4v) is 1.56. The lowest BCUT2D eigenvalue weighted by Gasteiger charge is -2.48. The van der Waals surface area contributed by atoms with Crippen LogP contribution in [0.5, 0.6) is 0 Å². The highest BCUT2D eigenvalue weighted by Crippen LogP contribution is 2.61. The molecule has 82 valence electrons. The van der Waals surface area contributed by atoms with Crippen LogP contribution in [0.4, 0.5) is 26.3 Å². The van der Waals surface area contributed by atoms with E-state index in [9.17, 15) is 26.3 Å². The standard InChI is InChI=1S/C8H8F6/c1-2-3-5-4-6(9,10)7(5,11)8(12,13)14/h2-3,5H,4H2,1H3/b3-2-. The quantitative estimate of drug-likeness (QED) is 0.466. The fraction of sp³-hybridized carbons (Fsp3) is 0.750. The smallest absolute Gasteiger partial charge is 0.226 e. The molecule has 2 atom stereocenters. The zero-order valence-electron chi connectivity index (χ0n) is 7.21. The van der Waals surface area contributed by atoms with E-state index in [1.165, 1.54) is 6.92 Å². The third kappa shape index (κ3) is 1.23. The van der Waals surface area contributed by atoms with Crippen molar-refractivity contribution < 1.29 is 26.3 Å². The Kier molecular flexibility index (Phi) is 2.36. The highest BCUT2D eigenvalue weighted by atomic mass is 19.4. The molecule has 1 rings (SSSR count). The van der Waals surface area contributed by atoms with E-state index in [0.29, 0.717) is 0 Å². The summed E-state index contributed by atoms with van der Waals surface area (Å²) in [5.41, 5.74) is -4.40. The lowest BCUT2D eigenvalue weighted by Crippen LogP contribution is -2.68. The van der Waals surface area contributed by atoms with Gasteiger partial charge in [-0.05, 0) is 6.92 Å². The van der Waals surface area contributed by atoms with Crippen LogP contribution >= 0.6 is 0 Å². The van der Waals surface area contributed by atoms with Crippen molar-refractivity contribution in [3.8, 4) is 0 Å². The first-order valence-corrected chi connectivity index (χ1v) is 3.93. The molecule has 14 heavy (non-hydrogen) atoms. The zero-order chi connectivity index (χ0) is 11.2. The summed E-state index contributed by atoms with van der Waals surface area (Å²) in [6.45, 7) is 1.35. The minimum absolute atomic E-state index is 0.824. The van der Waals surface area contributed by atoms with Crippen LogP contribution in [0, 0.1) is 5.92 Å². The van der Waals surface area contributed by atoms with E-state index in [0.717, 1.165) is 12.2 Å². The maximum atomic E-state index is 13.1. The molecule has 0 aromatic heterocycles. The molecule has 2 unspecified atom stereocenters. The van der Waals surface area contributed by atoms with Crippen molar-refractivity contribution in [2.75, 3.05) is 0 Å². The van der Waals surface area contributed by atoms with Crippen molar-refractivity contribution in [3.63, 3.8) is 0 Å². The molecule has 6 heteroatoms. The van der Waals surface area contributed by atoms with E-state index in [4.69, 9.17) is 0 Å². The molecule has 0 saturated heterocycles. The van der Waals surface area contributed by atoms with Crippen LogP contribution in [0.3, 0.4) is 0 Å². The van der Waals surface area contributed by atoms with Gasteiger partial charge < -0.3 is 0 Å². The Balaban J connectivity index is 3.01. The normalized spacial score (nSPS) is 37.2. The predicted molar refractivity (Wildman–Crippen MR) is 37.8 cm³/mol. The predicted octanol–water partition coefficient (Wildman–Crippen LogP) is 3.49. The Morgan fingerprint density at radius 2 is 1.71 bits per heavy atom. The van der Waals surface area contributed by atoms with Crippen molar-refractivity contribution in [2.45, 2.75) is 31.1 Å².